The Morgan fingerprint density at radius 1 is 0.800 bits per heavy atom. The molecule has 1 aliphatic heterocycles. The number of aromatic nitrogens is 3. The number of carbonyl (C=O) groups excluding carboxylic acids is 1. The van der Waals surface area contributed by atoms with Gasteiger partial charge in [0, 0.05) is 36.3 Å². The number of fused-ring (bicyclic) bond motifs is 1. The highest BCUT2D eigenvalue weighted by Crippen LogP contribution is 2.47. The van der Waals surface area contributed by atoms with Gasteiger partial charge in [-0.2, -0.15) is 0 Å². The average Bonchev–Trinajstić information content (AvgIpc) is 3.04. The first-order chi connectivity index (χ1) is 14.8. The van der Waals surface area contributed by atoms with E-state index in [1.807, 2.05) is 79.1 Å². The third kappa shape index (κ3) is 3.05. The summed E-state index contributed by atoms with van der Waals surface area (Å²) in [5.41, 5.74) is 3.22. The van der Waals surface area contributed by atoms with Gasteiger partial charge in [0.25, 0.3) is 0 Å². The van der Waals surface area contributed by atoms with E-state index in [9.17, 15) is 4.79 Å². The van der Waals surface area contributed by atoms with Gasteiger partial charge in [0.1, 0.15) is 5.82 Å². The van der Waals surface area contributed by atoms with E-state index in [1.54, 1.807) is 23.5 Å². The molecule has 0 saturated carbocycles. The second kappa shape index (κ2) is 7.52. The molecular weight excluding hydrogens is 372 g/mol. The Kier molecular flexibility index (Phi) is 4.56. The summed E-state index contributed by atoms with van der Waals surface area (Å²) in [4.78, 5) is 27.8. The normalized spacial score (nSPS) is 17.7. The standard InChI is InChI=1S/C25H20N4O/c30-24-25(17-19-8-13-26-14-9-19,18-20-10-15-27-16-11-20)22-7-4-12-28-23(22)29(24)21-5-2-1-3-6-21/h1-16H,17-18H2/p+1. The first-order valence-corrected chi connectivity index (χ1v) is 9.97. The summed E-state index contributed by atoms with van der Waals surface area (Å²) in [5.74, 6) is 0.761. The molecule has 4 heterocycles. The molecule has 5 heteroatoms. The van der Waals surface area contributed by atoms with E-state index in [1.165, 1.54) is 0 Å². The van der Waals surface area contributed by atoms with Gasteiger partial charge in [0.15, 0.2) is 12.4 Å². The van der Waals surface area contributed by atoms with Crippen LogP contribution in [-0.4, -0.2) is 15.9 Å². The Morgan fingerprint density at radius 3 is 2.23 bits per heavy atom. The molecule has 1 N–H and O–H groups in total. The molecule has 0 fully saturated rings. The van der Waals surface area contributed by atoms with E-state index in [-0.39, 0.29) is 5.91 Å². The molecule has 3 aromatic heterocycles. The minimum Gasteiger partial charge on any atom is -0.273 e. The van der Waals surface area contributed by atoms with Gasteiger partial charge in [-0.1, -0.05) is 24.3 Å². The highest BCUT2D eigenvalue weighted by molar-refractivity contribution is 6.12. The molecule has 0 bridgehead atoms. The van der Waals surface area contributed by atoms with Crippen molar-refractivity contribution in [3.05, 3.63) is 114 Å². The predicted molar refractivity (Wildman–Crippen MR) is 114 cm³/mol. The number of para-hydroxylation sites is 1. The Bertz CT molecular complexity index is 1120. The Morgan fingerprint density at radius 2 is 1.50 bits per heavy atom. The van der Waals surface area contributed by atoms with Crippen molar-refractivity contribution in [1.29, 1.82) is 0 Å². The molecule has 146 valence electrons. The molecule has 1 aromatic carbocycles. The second-order valence-corrected chi connectivity index (χ2v) is 7.55. The molecule has 1 aliphatic rings. The number of carbonyl (C=O) groups is 1. The van der Waals surface area contributed by atoms with Crippen molar-refractivity contribution < 1.29 is 9.78 Å². The van der Waals surface area contributed by atoms with Crippen molar-refractivity contribution in [2.45, 2.75) is 18.3 Å². The van der Waals surface area contributed by atoms with Crippen LogP contribution in [0, 0.1) is 0 Å². The molecule has 30 heavy (non-hydrogen) atoms. The van der Waals surface area contributed by atoms with Gasteiger partial charge in [-0.3, -0.25) is 14.7 Å². The summed E-state index contributed by atoms with van der Waals surface area (Å²) in [6, 6.07) is 21.7. The van der Waals surface area contributed by atoms with Gasteiger partial charge in [0.05, 0.1) is 11.1 Å². The van der Waals surface area contributed by atoms with Gasteiger partial charge in [-0.05, 0) is 54.3 Å². The van der Waals surface area contributed by atoms with Crippen LogP contribution in [0.1, 0.15) is 16.7 Å². The predicted octanol–water partition coefficient (Wildman–Crippen LogP) is 3.69. The number of benzene rings is 1. The van der Waals surface area contributed by atoms with Crippen LogP contribution in [0.3, 0.4) is 0 Å². The average molecular weight is 393 g/mol. The van der Waals surface area contributed by atoms with Crippen LogP contribution in [0.15, 0.2) is 97.7 Å². The Hall–Kier alpha value is -3.86. The number of nitrogens with one attached hydrogen (secondary N) is 1. The highest BCUT2D eigenvalue weighted by Gasteiger charge is 2.52. The maximum atomic E-state index is 14.2. The van der Waals surface area contributed by atoms with Crippen molar-refractivity contribution in [3.63, 3.8) is 0 Å². The minimum absolute atomic E-state index is 0.0482. The van der Waals surface area contributed by atoms with Crippen LogP contribution in [-0.2, 0) is 23.1 Å². The zero-order chi connectivity index (χ0) is 20.4. The topological polar surface area (TPSA) is 60.2 Å². The largest absolute Gasteiger partial charge is 0.273 e. The van der Waals surface area contributed by atoms with Crippen molar-refractivity contribution in [1.82, 2.24) is 9.97 Å². The van der Waals surface area contributed by atoms with Crippen LogP contribution in [0.25, 0.3) is 0 Å². The molecule has 0 saturated heterocycles. The lowest BCUT2D eigenvalue weighted by molar-refractivity contribution is -0.378. The van der Waals surface area contributed by atoms with Gasteiger partial charge in [-0.25, -0.2) is 9.97 Å². The smallest absolute Gasteiger partial charge is 0.244 e. The number of rotatable bonds is 5. The third-order valence-corrected chi connectivity index (χ3v) is 5.69. The molecule has 0 radical (unpaired) electrons. The number of aromatic amines is 1. The number of anilines is 2. The number of pyridine rings is 3. The molecular formula is C25H21N4O+. The fourth-order valence-corrected chi connectivity index (χ4v) is 4.33. The van der Waals surface area contributed by atoms with E-state index in [0.29, 0.717) is 18.7 Å². The lowest BCUT2D eigenvalue weighted by atomic mass is 9.72. The summed E-state index contributed by atoms with van der Waals surface area (Å²) < 4.78 is 0. The summed E-state index contributed by atoms with van der Waals surface area (Å²) in [6.45, 7) is 0. The minimum atomic E-state index is -0.748. The molecule has 4 aromatic rings. The van der Waals surface area contributed by atoms with E-state index in [2.05, 4.69) is 15.0 Å². The van der Waals surface area contributed by atoms with Crippen molar-refractivity contribution in [3.8, 4) is 0 Å². The summed E-state index contributed by atoms with van der Waals surface area (Å²) in [6.07, 6.45) is 10.3. The van der Waals surface area contributed by atoms with Crippen LogP contribution in [0.5, 0.6) is 0 Å². The molecule has 1 unspecified atom stereocenters. The van der Waals surface area contributed by atoms with Gasteiger partial charge in [-0.15, -0.1) is 0 Å². The number of nitrogens with zero attached hydrogens (tertiary/aromatic N) is 3. The molecule has 5 nitrogen and oxygen atoms in total. The maximum Gasteiger partial charge on any atom is 0.244 e. The molecule has 1 atom stereocenters. The Balaban J connectivity index is 1.70. The van der Waals surface area contributed by atoms with Crippen LogP contribution in [0.4, 0.5) is 11.5 Å². The van der Waals surface area contributed by atoms with E-state index >= 15 is 0 Å². The molecule has 5 rings (SSSR count). The van der Waals surface area contributed by atoms with E-state index < -0.39 is 5.41 Å². The monoisotopic (exact) mass is 393 g/mol. The zero-order valence-electron chi connectivity index (χ0n) is 16.4. The number of hydrogen-bond donors (Lipinski definition) is 0. The molecule has 0 aliphatic carbocycles. The summed E-state index contributed by atoms with van der Waals surface area (Å²) in [7, 11) is 0. The first kappa shape index (κ1) is 18.2. The number of amides is 1. The maximum absolute atomic E-state index is 14.2. The number of H-pyrrole nitrogens is 1. The van der Waals surface area contributed by atoms with Gasteiger partial charge in [0.2, 0.25) is 5.91 Å². The number of hydrogen-bond acceptors (Lipinski definition) is 3. The highest BCUT2D eigenvalue weighted by atomic mass is 16.2. The van der Waals surface area contributed by atoms with Crippen molar-refractivity contribution >= 4 is 17.4 Å². The lowest BCUT2D eigenvalue weighted by Crippen LogP contribution is -2.42. The van der Waals surface area contributed by atoms with Gasteiger partial charge >= 0.3 is 0 Å². The molecule has 0 spiro atoms. The van der Waals surface area contributed by atoms with E-state index in [0.717, 1.165) is 22.4 Å². The van der Waals surface area contributed by atoms with Gasteiger partial charge < -0.3 is 0 Å². The van der Waals surface area contributed by atoms with Crippen LogP contribution in [0.2, 0.25) is 0 Å². The lowest BCUT2D eigenvalue weighted by Gasteiger charge is -2.29. The van der Waals surface area contributed by atoms with Crippen LogP contribution >= 0.6 is 0 Å². The second-order valence-electron chi connectivity index (χ2n) is 7.55. The summed E-state index contributed by atoms with van der Waals surface area (Å²) in [5, 5.41) is 0. The molecule has 1 amide bonds. The quantitative estimate of drug-likeness (QED) is 0.520. The van der Waals surface area contributed by atoms with Crippen molar-refractivity contribution in [2.75, 3.05) is 4.90 Å². The fraction of sp³-hybridized carbons (Fsp3) is 0.120. The fourth-order valence-electron chi connectivity index (χ4n) is 4.33. The van der Waals surface area contributed by atoms with Crippen molar-refractivity contribution in [2.24, 2.45) is 0 Å². The zero-order valence-corrected chi connectivity index (χ0v) is 16.4. The third-order valence-electron chi connectivity index (χ3n) is 5.69. The SMILES string of the molecule is O=C1N(c2ccccc2)c2ncccc2C1(Cc1ccncc1)Cc1cc[nH+]cc1. The Labute approximate surface area is 175 Å². The summed E-state index contributed by atoms with van der Waals surface area (Å²) >= 11 is 0. The van der Waals surface area contributed by atoms with Crippen LogP contribution < -0.4 is 9.88 Å². The van der Waals surface area contributed by atoms with E-state index in [4.69, 9.17) is 0 Å². The first-order valence-electron chi connectivity index (χ1n) is 9.97.